The lowest BCUT2D eigenvalue weighted by atomic mass is 9.34. The summed E-state index contributed by atoms with van der Waals surface area (Å²) in [6.07, 6.45) is 0. The number of benzene rings is 15. The van der Waals surface area contributed by atoms with Gasteiger partial charge in [0.15, 0.2) is 5.82 Å². The quantitative estimate of drug-likeness (QED) is 0.121. The Kier molecular flexibility index (Phi) is 20.3. The molecule has 3 aromatic heterocycles. The van der Waals surface area contributed by atoms with Gasteiger partial charge in [-0.15, -0.1) is 0 Å². The first kappa shape index (κ1) is 86.1. The van der Waals surface area contributed by atoms with Crippen molar-refractivity contribution >= 4 is 66.7 Å². The van der Waals surface area contributed by atoms with Crippen molar-refractivity contribution in [1.82, 2.24) is 19.1 Å². The lowest BCUT2D eigenvalue weighted by molar-refractivity contribution is 0.568. The van der Waals surface area contributed by atoms with Crippen LogP contribution in [0.15, 0.2) is 309 Å². The minimum atomic E-state index is -0.242. The molecule has 18 aromatic rings. The second-order valence-electron chi connectivity index (χ2n) is 46.1. The Bertz CT molecular complexity index is 6970. The maximum Gasteiger partial charge on any atom is 0.252 e. The van der Waals surface area contributed by atoms with Crippen LogP contribution in [0.5, 0.6) is 0 Å². The molecule has 0 amide bonds. The van der Waals surface area contributed by atoms with E-state index in [1.807, 2.05) is 0 Å². The van der Waals surface area contributed by atoms with E-state index in [9.17, 15) is 0 Å². The fourth-order valence-corrected chi connectivity index (χ4v) is 20.3. The molecule has 0 fully saturated rings. The molecule has 131 heavy (non-hydrogen) atoms. The van der Waals surface area contributed by atoms with Crippen molar-refractivity contribution in [2.24, 2.45) is 0 Å². The maximum absolute atomic E-state index is 6.16. The molecule has 20 rings (SSSR count). The van der Waals surface area contributed by atoms with E-state index in [2.05, 4.69) is 485 Å². The van der Waals surface area contributed by atoms with Crippen LogP contribution in [0, 0.1) is 0 Å². The second kappa shape index (κ2) is 30.8. The van der Waals surface area contributed by atoms with Gasteiger partial charge >= 0.3 is 0 Å². The molecule has 0 saturated heterocycles. The molecule has 0 bridgehead atoms. The SMILES string of the molecule is CC(C)(C)c1cc(-c2ccc3c(c2)c2c(-c4cc(C(C)(C)C)cc(C(C)(C)C)c4)ccc4c2n3-c2cc(-c3cc(-c5cc(-c6ccccc6)cc(-c6ccccc6)c5)nc(-c5cc(-c6ccccc6)cc(-c6ccccc6)c5)n3)cc3c2B4c2ccc(-c4cc(C(C)(C)C)cc(C(C)(C)C)c4)c4c5cc(-c6cc(C(C)(C)C)cc(C(C)(C)C)c6)ccc5n-3c24)cc(C(C)(C)C)c1. The Hall–Kier alpha value is -13.0. The number of nitrogens with zero attached hydrogens (tertiary/aromatic N) is 4. The first-order chi connectivity index (χ1) is 61.9. The predicted molar refractivity (Wildman–Crippen MR) is 565 cm³/mol. The van der Waals surface area contributed by atoms with Crippen LogP contribution < -0.4 is 16.4 Å². The summed E-state index contributed by atoms with van der Waals surface area (Å²) in [4.78, 5) is 12.1. The third-order valence-electron chi connectivity index (χ3n) is 28.2. The van der Waals surface area contributed by atoms with Crippen molar-refractivity contribution in [3.8, 4) is 134 Å². The molecule has 0 aliphatic carbocycles. The van der Waals surface area contributed by atoms with Crippen LogP contribution in [0.4, 0.5) is 0 Å². The highest BCUT2D eigenvalue weighted by molar-refractivity contribution is 7.00. The van der Waals surface area contributed by atoms with Crippen LogP contribution in [-0.2, 0) is 43.3 Å². The zero-order valence-electron chi connectivity index (χ0n) is 81.3. The van der Waals surface area contributed by atoms with Gasteiger partial charge in [-0.1, -0.05) is 397 Å². The Morgan fingerprint density at radius 2 is 0.466 bits per heavy atom. The highest BCUT2D eigenvalue weighted by Crippen LogP contribution is 2.51. The average molecular weight is 1700 g/mol. The number of rotatable bonds is 11. The number of fused-ring (bicyclic) bond motifs is 10. The Morgan fingerprint density at radius 1 is 0.206 bits per heavy atom. The molecule has 0 unspecified atom stereocenters. The van der Waals surface area contributed by atoms with E-state index in [0.717, 1.165) is 95.0 Å². The summed E-state index contributed by atoms with van der Waals surface area (Å²) in [7, 11) is 0. The van der Waals surface area contributed by atoms with Gasteiger partial charge in [0.1, 0.15) is 0 Å². The van der Waals surface area contributed by atoms with Crippen LogP contribution in [-0.4, -0.2) is 25.8 Å². The van der Waals surface area contributed by atoms with E-state index in [4.69, 9.17) is 9.97 Å². The molecule has 4 nitrogen and oxygen atoms in total. The fraction of sp³-hybridized carbons (Fsp3) is 0.254. The van der Waals surface area contributed by atoms with Crippen molar-refractivity contribution in [1.29, 1.82) is 0 Å². The fourth-order valence-electron chi connectivity index (χ4n) is 20.3. The summed E-state index contributed by atoms with van der Waals surface area (Å²) in [6, 6.07) is 120. The van der Waals surface area contributed by atoms with Gasteiger partial charge < -0.3 is 9.13 Å². The summed E-state index contributed by atoms with van der Waals surface area (Å²) in [5.74, 6) is 0.630. The number of hydrogen-bond donors (Lipinski definition) is 0. The highest BCUT2D eigenvalue weighted by atomic mass is 15.0. The molecule has 5 heteroatoms. The monoisotopic (exact) mass is 1700 g/mol. The molecule has 5 heterocycles. The van der Waals surface area contributed by atoms with E-state index in [1.165, 1.54) is 138 Å². The van der Waals surface area contributed by atoms with Gasteiger partial charge in [0.2, 0.25) is 0 Å². The maximum atomic E-state index is 6.16. The topological polar surface area (TPSA) is 35.6 Å². The molecular weight excluding hydrogens is 1580 g/mol. The highest BCUT2D eigenvalue weighted by Gasteiger charge is 2.44. The molecule has 650 valence electrons. The zero-order chi connectivity index (χ0) is 92.0. The lowest BCUT2D eigenvalue weighted by Crippen LogP contribution is -2.59. The van der Waals surface area contributed by atoms with E-state index >= 15 is 0 Å². The third-order valence-corrected chi connectivity index (χ3v) is 28.2. The molecule has 0 N–H and O–H groups in total. The van der Waals surface area contributed by atoms with Gasteiger partial charge in [-0.3, -0.25) is 0 Å². The van der Waals surface area contributed by atoms with E-state index in [1.54, 1.807) is 0 Å². The molecule has 0 spiro atoms. The van der Waals surface area contributed by atoms with E-state index in [-0.39, 0.29) is 50.0 Å². The molecule has 0 atom stereocenters. The predicted octanol–water partition coefficient (Wildman–Crippen LogP) is 32.5. The molecule has 2 aliphatic heterocycles. The first-order valence-electron chi connectivity index (χ1n) is 47.4. The van der Waals surface area contributed by atoms with Crippen molar-refractivity contribution in [2.45, 2.75) is 209 Å². The van der Waals surface area contributed by atoms with Crippen molar-refractivity contribution in [3.63, 3.8) is 0 Å². The van der Waals surface area contributed by atoms with Crippen molar-refractivity contribution in [3.05, 3.63) is 354 Å². The largest absolute Gasteiger partial charge is 0.310 e. The third kappa shape index (κ3) is 15.6. The summed E-state index contributed by atoms with van der Waals surface area (Å²) in [5, 5.41) is 4.93. The Balaban J connectivity index is 0.969. The first-order valence-corrected chi connectivity index (χ1v) is 47.4. The van der Waals surface area contributed by atoms with Crippen LogP contribution in [0.2, 0.25) is 0 Å². The van der Waals surface area contributed by atoms with Gasteiger partial charge in [0.05, 0.1) is 22.4 Å². The van der Waals surface area contributed by atoms with Gasteiger partial charge in [0, 0.05) is 60.6 Å². The molecule has 0 saturated carbocycles. The Labute approximate surface area is 778 Å². The molecule has 15 aromatic carbocycles. The zero-order valence-corrected chi connectivity index (χ0v) is 81.3. The van der Waals surface area contributed by atoms with Gasteiger partial charge in [0.25, 0.3) is 6.71 Å². The number of hydrogen-bond acceptors (Lipinski definition) is 2. The van der Waals surface area contributed by atoms with Crippen LogP contribution in [0.3, 0.4) is 0 Å². The standard InChI is InChI=1S/C126H123BN4/c1-119(2,3)93-59-86(60-94(71-93)120(4,5)6)80-45-51-109-103(67-80)113-101(88-63-97(123(13,14)15)73-98(64-88)124(16,17)18)47-49-105-116(113)130(109)111-69-91(108-75-107(90-55-82(76-37-29-25-30-38-76)53-83(56-90)77-39-31-26-32-40-77)128-118(129-108)92-57-84(78-41-33-27-34-42-78)54-85(58-92)79-43-35-28-36-44-79)70-112-115(111)127(105)106-50-48-102(89-65-99(125(19,20)21)74-100(66-89)126(22,23)24)114-104-68-81(46-52-110(104)131(112)117(106)114)87-61-95(121(7,8)9)72-96(62-87)122(10,11)12/h25-75H,1-24H3. The van der Waals surface area contributed by atoms with Crippen LogP contribution >= 0.6 is 0 Å². The molecular formula is C126H123BN4. The number of aromatic nitrogens is 4. The molecule has 0 radical (unpaired) electrons. The lowest BCUT2D eigenvalue weighted by Gasteiger charge is -2.34. The van der Waals surface area contributed by atoms with Gasteiger partial charge in [-0.2, -0.15) is 0 Å². The second-order valence-corrected chi connectivity index (χ2v) is 46.1. The Morgan fingerprint density at radius 3 is 0.756 bits per heavy atom. The average Bonchev–Trinajstić information content (AvgIpc) is 1.50. The van der Waals surface area contributed by atoms with E-state index in [0.29, 0.717) is 5.82 Å². The van der Waals surface area contributed by atoms with E-state index < -0.39 is 0 Å². The minimum absolute atomic E-state index is 0.101. The van der Waals surface area contributed by atoms with Crippen molar-refractivity contribution in [2.75, 3.05) is 0 Å². The minimum Gasteiger partial charge on any atom is -0.310 e. The van der Waals surface area contributed by atoms with Gasteiger partial charge in [-0.05, 0) is 272 Å². The van der Waals surface area contributed by atoms with Gasteiger partial charge in [-0.25, -0.2) is 9.97 Å². The summed E-state index contributed by atoms with van der Waals surface area (Å²) in [6.45, 7) is 56.6. The summed E-state index contributed by atoms with van der Waals surface area (Å²) in [5.41, 5.74) is 43.6. The van der Waals surface area contributed by atoms with Crippen LogP contribution in [0.1, 0.15) is 211 Å². The normalized spacial score (nSPS) is 13.2. The van der Waals surface area contributed by atoms with Crippen LogP contribution in [0.25, 0.3) is 178 Å². The summed E-state index contributed by atoms with van der Waals surface area (Å²) < 4.78 is 5.43. The van der Waals surface area contributed by atoms with Crippen molar-refractivity contribution < 1.29 is 0 Å². The smallest absolute Gasteiger partial charge is 0.252 e. The summed E-state index contributed by atoms with van der Waals surface area (Å²) >= 11 is 0. The molecule has 2 aliphatic rings.